The summed E-state index contributed by atoms with van der Waals surface area (Å²) in [5.74, 6) is 0. The minimum absolute atomic E-state index is 0.0925. The number of benzene rings is 1. The van der Waals surface area contributed by atoms with Crippen LogP contribution >= 0.6 is 0 Å². The normalized spacial score (nSPS) is 12.6. The number of nitroso groups, excluding NO2 is 1. The summed E-state index contributed by atoms with van der Waals surface area (Å²) in [7, 11) is 0. The van der Waals surface area contributed by atoms with Crippen molar-refractivity contribution in [1.82, 2.24) is 0 Å². The molecule has 0 spiro atoms. The molecule has 0 aromatic heterocycles. The van der Waals surface area contributed by atoms with Gasteiger partial charge in [-0.3, -0.25) is 0 Å². The van der Waals surface area contributed by atoms with E-state index in [4.69, 9.17) is 5.73 Å². The molecule has 0 unspecified atom stereocenters. The Morgan fingerprint density at radius 3 is 1.53 bits per heavy atom. The lowest BCUT2D eigenvalue weighted by molar-refractivity contribution is 0.573. The number of rotatable bonds is 1. The second-order valence-corrected chi connectivity index (χ2v) is 6.55. The molecule has 17 heavy (non-hydrogen) atoms. The summed E-state index contributed by atoms with van der Waals surface area (Å²) in [5, 5.41) is 3.05. The van der Waals surface area contributed by atoms with E-state index in [1.54, 1.807) is 12.1 Å². The van der Waals surface area contributed by atoms with Gasteiger partial charge in [-0.1, -0.05) is 41.5 Å². The standard InChI is InChI=1S/C14H22N2O/c1-13(2,3)10-7-9(16-17)8-11(12(10)15)14(4,5)6/h7-8H,15H2,1-6H3. The summed E-state index contributed by atoms with van der Waals surface area (Å²) in [6.45, 7) is 12.5. The number of anilines is 1. The fraction of sp³-hybridized carbons (Fsp3) is 0.571. The lowest BCUT2D eigenvalue weighted by Crippen LogP contribution is -2.20. The fourth-order valence-electron chi connectivity index (χ4n) is 1.93. The molecule has 1 aromatic carbocycles. The van der Waals surface area contributed by atoms with Gasteiger partial charge in [-0.05, 0) is 39.3 Å². The van der Waals surface area contributed by atoms with Gasteiger partial charge >= 0.3 is 0 Å². The molecule has 0 saturated heterocycles. The van der Waals surface area contributed by atoms with Crippen LogP contribution < -0.4 is 5.73 Å². The minimum Gasteiger partial charge on any atom is -0.398 e. The lowest BCUT2D eigenvalue weighted by atomic mass is 9.78. The van der Waals surface area contributed by atoms with Crippen molar-refractivity contribution in [2.45, 2.75) is 52.4 Å². The predicted octanol–water partition coefficient (Wildman–Crippen LogP) is 4.26. The van der Waals surface area contributed by atoms with E-state index in [0.29, 0.717) is 5.69 Å². The molecule has 3 nitrogen and oxygen atoms in total. The Hall–Kier alpha value is -1.38. The van der Waals surface area contributed by atoms with E-state index in [1.807, 2.05) is 0 Å². The molecule has 2 N–H and O–H groups in total. The van der Waals surface area contributed by atoms with Crippen LogP contribution in [-0.2, 0) is 10.8 Å². The number of nitrogen functional groups attached to an aromatic ring is 1. The molecule has 1 aromatic rings. The van der Waals surface area contributed by atoms with Crippen LogP contribution in [0.1, 0.15) is 52.7 Å². The van der Waals surface area contributed by atoms with Gasteiger partial charge < -0.3 is 5.73 Å². The van der Waals surface area contributed by atoms with Crippen LogP contribution in [0.25, 0.3) is 0 Å². The van der Waals surface area contributed by atoms with Crippen molar-refractivity contribution in [2.75, 3.05) is 5.73 Å². The highest BCUT2D eigenvalue weighted by atomic mass is 16.3. The zero-order chi connectivity index (χ0) is 13.4. The molecule has 0 amide bonds. The number of nitrogens with zero attached hydrogens (tertiary/aromatic N) is 1. The quantitative estimate of drug-likeness (QED) is 0.583. The van der Waals surface area contributed by atoms with Gasteiger partial charge in [0.25, 0.3) is 0 Å². The van der Waals surface area contributed by atoms with Gasteiger partial charge in [0.1, 0.15) is 5.69 Å². The smallest absolute Gasteiger partial charge is 0.108 e. The van der Waals surface area contributed by atoms with Crippen LogP contribution in [0.3, 0.4) is 0 Å². The maximum atomic E-state index is 10.8. The average molecular weight is 234 g/mol. The first-order chi connectivity index (χ1) is 7.57. The third-order valence-electron chi connectivity index (χ3n) is 2.89. The molecule has 1 rings (SSSR count). The number of hydrogen-bond donors (Lipinski definition) is 1. The molecule has 3 heteroatoms. The van der Waals surface area contributed by atoms with Gasteiger partial charge in [0.2, 0.25) is 0 Å². The fourth-order valence-corrected chi connectivity index (χ4v) is 1.93. The second kappa shape index (κ2) is 4.13. The molecule has 0 bridgehead atoms. The highest BCUT2D eigenvalue weighted by Gasteiger charge is 2.25. The van der Waals surface area contributed by atoms with Crippen molar-refractivity contribution in [3.63, 3.8) is 0 Å². The van der Waals surface area contributed by atoms with Crippen molar-refractivity contribution in [1.29, 1.82) is 0 Å². The average Bonchev–Trinajstić information content (AvgIpc) is 2.14. The third kappa shape index (κ3) is 2.84. The van der Waals surface area contributed by atoms with Crippen LogP contribution in [0, 0.1) is 4.91 Å². The maximum absolute atomic E-state index is 10.8. The summed E-state index contributed by atoms with van der Waals surface area (Å²) in [5.41, 5.74) is 9.25. The first-order valence-corrected chi connectivity index (χ1v) is 5.85. The van der Waals surface area contributed by atoms with Gasteiger partial charge in [0.15, 0.2) is 0 Å². The summed E-state index contributed by atoms with van der Waals surface area (Å²) >= 11 is 0. The molecule has 0 atom stereocenters. The summed E-state index contributed by atoms with van der Waals surface area (Å²) in [4.78, 5) is 10.8. The zero-order valence-electron chi connectivity index (χ0n) is 11.6. The largest absolute Gasteiger partial charge is 0.398 e. The Bertz CT molecular complexity index is 402. The van der Waals surface area contributed by atoms with E-state index in [2.05, 4.69) is 46.7 Å². The zero-order valence-corrected chi connectivity index (χ0v) is 11.6. The van der Waals surface area contributed by atoms with Crippen molar-refractivity contribution >= 4 is 11.4 Å². The lowest BCUT2D eigenvalue weighted by Gasteiger charge is -2.28. The molecule has 0 fully saturated rings. The summed E-state index contributed by atoms with van der Waals surface area (Å²) in [6.07, 6.45) is 0. The molecular formula is C14H22N2O. The van der Waals surface area contributed by atoms with Crippen molar-refractivity contribution in [3.8, 4) is 0 Å². The van der Waals surface area contributed by atoms with E-state index in [-0.39, 0.29) is 10.8 Å². The highest BCUT2D eigenvalue weighted by Crippen LogP contribution is 2.38. The van der Waals surface area contributed by atoms with Crippen LogP contribution in [0.2, 0.25) is 0 Å². The van der Waals surface area contributed by atoms with E-state index in [0.717, 1.165) is 16.8 Å². The first-order valence-electron chi connectivity index (χ1n) is 5.85. The summed E-state index contributed by atoms with van der Waals surface area (Å²) < 4.78 is 0. The monoisotopic (exact) mass is 234 g/mol. The molecule has 0 radical (unpaired) electrons. The van der Waals surface area contributed by atoms with Crippen molar-refractivity contribution in [3.05, 3.63) is 28.2 Å². The van der Waals surface area contributed by atoms with E-state index in [1.165, 1.54) is 0 Å². The topological polar surface area (TPSA) is 55.5 Å². The van der Waals surface area contributed by atoms with Crippen LogP contribution in [0.15, 0.2) is 17.3 Å². The SMILES string of the molecule is CC(C)(C)c1cc(N=O)cc(C(C)(C)C)c1N. The minimum atomic E-state index is -0.0925. The predicted molar refractivity (Wildman–Crippen MR) is 73.7 cm³/mol. The van der Waals surface area contributed by atoms with Crippen LogP contribution in [0.4, 0.5) is 11.4 Å². The molecule has 94 valence electrons. The number of nitrogens with two attached hydrogens (primary N) is 1. The Morgan fingerprint density at radius 1 is 0.941 bits per heavy atom. The van der Waals surface area contributed by atoms with E-state index < -0.39 is 0 Å². The number of hydrogen-bond acceptors (Lipinski definition) is 3. The van der Waals surface area contributed by atoms with Gasteiger partial charge in [0.05, 0.1) is 0 Å². The Labute approximate surface area is 103 Å². The van der Waals surface area contributed by atoms with E-state index >= 15 is 0 Å². The van der Waals surface area contributed by atoms with Gasteiger partial charge in [-0.15, -0.1) is 4.91 Å². The molecule has 0 aliphatic rings. The third-order valence-corrected chi connectivity index (χ3v) is 2.89. The van der Waals surface area contributed by atoms with Gasteiger partial charge in [-0.2, -0.15) is 0 Å². The Balaban J connectivity index is 3.59. The van der Waals surface area contributed by atoms with Crippen LogP contribution in [0.5, 0.6) is 0 Å². The van der Waals surface area contributed by atoms with Crippen molar-refractivity contribution < 1.29 is 0 Å². The molecule has 0 saturated carbocycles. The molecular weight excluding hydrogens is 212 g/mol. The highest BCUT2D eigenvalue weighted by molar-refractivity contribution is 5.64. The van der Waals surface area contributed by atoms with Gasteiger partial charge in [0, 0.05) is 5.69 Å². The van der Waals surface area contributed by atoms with Crippen LogP contribution in [-0.4, -0.2) is 0 Å². The Morgan fingerprint density at radius 2 is 1.29 bits per heavy atom. The molecule has 0 aliphatic heterocycles. The summed E-state index contributed by atoms with van der Waals surface area (Å²) in [6, 6.07) is 3.58. The molecule has 0 aliphatic carbocycles. The van der Waals surface area contributed by atoms with Gasteiger partial charge in [-0.25, -0.2) is 0 Å². The van der Waals surface area contributed by atoms with E-state index in [9.17, 15) is 4.91 Å². The second-order valence-electron chi connectivity index (χ2n) is 6.55. The first kappa shape index (κ1) is 13.7. The van der Waals surface area contributed by atoms with Crippen molar-refractivity contribution in [2.24, 2.45) is 5.18 Å². The maximum Gasteiger partial charge on any atom is 0.108 e. The molecule has 0 heterocycles. The Kier molecular flexibility index (Phi) is 3.33.